The fraction of sp³-hybridized carbons (Fsp3) is 0.500. The summed E-state index contributed by atoms with van der Waals surface area (Å²) in [4.78, 5) is 15.9. The van der Waals surface area contributed by atoms with E-state index < -0.39 is 0 Å². The van der Waals surface area contributed by atoms with Gasteiger partial charge in [0.1, 0.15) is 0 Å². The predicted molar refractivity (Wildman–Crippen MR) is 86.0 cm³/mol. The Bertz CT molecular complexity index is 587. The van der Waals surface area contributed by atoms with Crippen molar-refractivity contribution in [2.75, 3.05) is 19.6 Å². The Hall–Kier alpha value is -1.82. The molecule has 112 valence electrons. The topological polar surface area (TPSA) is 70.1 Å². The molecule has 4 nitrogen and oxygen atoms in total. The minimum absolute atomic E-state index is 0.0205. The van der Waals surface area contributed by atoms with E-state index in [9.17, 15) is 4.79 Å². The first-order valence-electron chi connectivity index (χ1n) is 6.95. The predicted octanol–water partition coefficient (Wildman–Crippen LogP) is 2.38. The molecule has 1 rings (SSSR count). The maximum absolute atomic E-state index is 12.6. The van der Waals surface area contributed by atoms with E-state index >= 15 is 0 Å². The van der Waals surface area contributed by atoms with Crippen LogP contribution in [0.4, 0.5) is 0 Å². The molecule has 1 amide bonds. The number of carbonyl (C=O) groups is 1. The quantitative estimate of drug-likeness (QED) is 0.849. The molecule has 1 aromatic rings. The lowest BCUT2D eigenvalue weighted by atomic mass is 10.2. The molecule has 0 saturated heterocycles. The standard InChI is InChI=1S/C16H21N3OS/c1-12(2)11-19(9-5-8-18)16(20)15-10-13(3)14(21-15)6-4-7-17/h10,12H,5,7,9,11,17H2,1-3H3. The zero-order chi connectivity index (χ0) is 15.8. The first-order valence-corrected chi connectivity index (χ1v) is 7.76. The van der Waals surface area contributed by atoms with Gasteiger partial charge in [0.25, 0.3) is 5.91 Å². The van der Waals surface area contributed by atoms with E-state index in [1.165, 1.54) is 11.3 Å². The third kappa shape index (κ3) is 5.23. The van der Waals surface area contributed by atoms with Crippen molar-refractivity contribution in [3.63, 3.8) is 0 Å². The Kier molecular flexibility index (Phi) is 6.94. The lowest BCUT2D eigenvalue weighted by molar-refractivity contribution is 0.0745. The monoisotopic (exact) mass is 303 g/mol. The number of nitrogens with two attached hydrogens (primary N) is 1. The Morgan fingerprint density at radius 3 is 2.81 bits per heavy atom. The number of rotatable bonds is 5. The van der Waals surface area contributed by atoms with Crippen LogP contribution >= 0.6 is 11.3 Å². The lowest BCUT2D eigenvalue weighted by Crippen LogP contribution is -2.34. The Labute approximate surface area is 130 Å². The number of nitriles is 1. The Morgan fingerprint density at radius 1 is 1.52 bits per heavy atom. The fourth-order valence-corrected chi connectivity index (χ4v) is 2.92. The van der Waals surface area contributed by atoms with Crippen LogP contribution in [0.15, 0.2) is 6.07 Å². The molecular formula is C16H21N3OS. The molecule has 1 aromatic heterocycles. The Morgan fingerprint density at radius 2 is 2.24 bits per heavy atom. The normalized spacial score (nSPS) is 9.90. The summed E-state index contributed by atoms with van der Waals surface area (Å²) in [6.07, 6.45) is 0.350. The van der Waals surface area contributed by atoms with Crippen molar-refractivity contribution < 1.29 is 4.79 Å². The molecule has 0 bridgehead atoms. The molecule has 0 aromatic carbocycles. The van der Waals surface area contributed by atoms with Gasteiger partial charge >= 0.3 is 0 Å². The molecule has 0 atom stereocenters. The first-order chi connectivity index (χ1) is 9.99. The van der Waals surface area contributed by atoms with E-state index in [1.807, 2.05) is 13.0 Å². The van der Waals surface area contributed by atoms with Crippen molar-refractivity contribution in [2.24, 2.45) is 11.7 Å². The van der Waals surface area contributed by atoms with Gasteiger partial charge in [-0.2, -0.15) is 5.26 Å². The highest BCUT2D eigenvalue weighted by Gasteiger charge is 2.19. The van der Waals surface area contributed by atoms with E-state index in [4.69, 9.17) is 11.0 Å². The molecular weight excluding hydrogens is 282 g/mol. The molecule has 21 heavy (non-hydrogen) atoms. The molecule has 0 unspecified atom stereocenters. The second-order valence-corrected chi connectivity index (χ2v) is 6.23. The molecule has 2 N–H and O–H groups in total. The van der Waals surface area contributed by atoms with Gasteiger partial charge in [0.2, 0.25) is 0 Å². The molecule has 0 spiro atoms. The highest BCUT2D eigenvalue weighted by molar-refractivity contribution is 7.14. The smallest absolute Gasteiger partial charge is 0.264 e. The van der Waals surface area contributed by atoms with Crippen LogP contribution in [-0.2, 0) is 0 Å². The van der Waals surface area contributed by atoms with Crippen molar-refractivity contribution in [3.05, 3.63) is 21.4 Å². The van der Waals surface area contributed by atoms with Crippen LogP contribution in [0.5, 0.6) is 0 Å². The number of aryl methyl sites for hydroxylation is 1. The second kappa shape index (κ2) is 8.46. The maximum atomic E-state index is 12.6. The zero-order valence-electron chi connectivity index (χ0n) is 12.8. The van der Waals surface area contributed by atoms with Gasteiger partial charge in [-0.3, -0.25) is 4.79 Å². The van der Waals surface area contributed by atoms with Crippen molar-refractivity contribution in [1.82, 2.24) is 4.90 Å². The van der Waals surface area contributed by atoms with Crippen LogP contribution in [-0.4, -0.2) is 30.4 Å². The highest BCUT2D eigenvalue weighted by atomic mass is 32.1. The molecule has 0 aliphatic carbocycles. The van der Waals surface area contributed by atoms with Gasteiger partial charge in [0.15, 0.2) is 0 Å². The third-order valence-electron chi connectivity index (χ3n) is 2.80. The van der Waals surface area contributed by atoms with Gasteiger partial charge < -0.3 is 10.6 Å². The van der Waals surface area contributed by atoms with E-state index in [0.29, 0.717) is 36.9 Å². The van der Waals surface area contributed by atoms with Crippen LogP contribution < -0.4 is 5.73 Å². The summed E-state index contributed by atoms with van der Waals surface area (Å²) in [5.41, 5.74) is 6.37. The van der Waals surface area contributed by atoms with E-state index in [2.05, 4.69) is 31.8 Å². The van der Waals surface area contributed by atoms with Crippen molar-refractivity contribution in [2.45, 2.75) is 27.2 Å². The largest absolute Gasteiger partial charge is 0.337 e. The molecule has 0 aliphatic rings. The molecule has 0 saturated carbocycles. The number of carbonyl (C=O) groups excluding carboxylic acids is 1. The summed E-state index contributed by atoms with van der Waals surface area (Å²) in [6, 6.07) is 3.96. The van der Waals surface area contributed by atoms with E-state index in [0.717, 1.165) is 10.4 Å². The SMILES string of the molecule is Cc1cc(C(=O)N(CCC#N)CC(C)C)sc1C#CCN. The van der Waals surface area contributed by atoms with Crippen molar-refractivity contribution >= 4 is 17.2 Å². The fourth-order valence-electron chi connectivity index (χ4n) is 1.90. The van der Waals surface area contributed by atoms with Gasteiger partial charge in [0.05, 0.1) is 28.8 Å². The summed E-state index contributed by atoms with van der Waals surface area (Å²) < 4.78 is 0. The average Bonchev–Trinajstić information content (AvgIpc) is 2.81. The molecule has 1 heterocycles. The van der Waals surface area contributed by atoms with Crippen molar-refractivity contribution in [1.29, 1.82) is 5.26 Å². The summed E-state index contributed by atoms with van der Waals surface area (Å²) >= 11 is 1.39. The number of hydrogen-bond donors (Lipinski definition) is 1. The van der Waals surface area contributed by atoms with Gasteiger partial charge in [-0.05, 0) is 24.5 Å². The molecule has 0 fully saturated rings. The van der Waals surface area contributed by atoms with E-state index in [1.54, 1.807) is 4.90 Å². The van der Waals surface area contributed by atoms with Gasteiger partial charge in [-0.25, -0.2) is 0 Å². The van der Waals surface area contributed by atoms with Crippen molar-refractivity contribution in [3.8, 4) is 17.9 Å². The lowest BCUT2D eigenvalue weighted by Gasteiger charge is -2.22. The summed E-state index contributed by atoms with van der Waals surface area (Å²) in [6.45, 7) is 7.49. The maximum Gasteiger partial charge on any atom is 0.264 e. The van der Waals surface area contributed by atoms with Crippen LogP contribution in [0.1, 0.15) is 40.4 Å². The van der Waals surface area contributed by atoms with Gasteiger partial charge in [-0.1, -0.05) is 25.7 Å². The zero-order valence-corrected chi connectivity index (χ0v) is 13.6. The summed E-state index contributed by atoms with van der Waals surface area (Å²) in [5, 5.41) is 8.73. The van der Waals surface area contributed by atoms with E-state index in [-0.39, 0.29) is 5.91 Å². The number of thiophene rings is 1. The number of amides is 1. The van der Waals surface area contributed by atoms with Crippen LogP contribution in [0, 0.1) is 36.0 Å². The first kappa shape index (κ1) is 17.2. The minimum atomic E-state index is -0.0205. The van der Waals surface area contributed by atoms with Crippen LogP contribution in [0.2, 0.25) is 0 Å². The van der Waals surface area contributed by atoms with Crippen LogP contribution in [0.3, 0.4) is 0 Å². The Balaban J connectivity index is 2.95. The van der Waals surface area contributed by atoms with Crippen LogP contribution in [0.25, 0.3) is 0 Å². The molecule has 5 heteroatoms. The highest BCUT2D eigenvalue weighted by Crippen LogP contribution is 2.23. The number of hydrogen-bond acceptors (Lipinski definition) is 4. The summed E-state index contributed by atoms with van der Waals surface area (Å²) in [5.74, 6) is 6.15. The molecule has 0 radical (unpaired) electrons. The number of nitrogens with zero attached hydrogens (tertiary/aromatic N) is 2. The van der Waals surface area contributed by atoms with Gasteiger partial charge in [-0.15, -0.1) is 11.3 Å². The average molecular weight is 303 g/mol. The minimum Gasteiger partial charge on any atom is -0.337 e. The van der Waals surface area contributed by atoms with Gasteiger partial charge in [0, 0.05) is 13.1 Å². The summed E-state index contributed by atoms with van der Waals surface area (Å²) in [7, 11) is 0. The third-order valence-corrected chi connectivity index (χ3v) is 3.94. The molecule has 0 aliphatic heterocycles. The second-order valence-electron chi connectivity index (χ2n) is 5.18.